The van der Waals surface area contributed by atoms with Gasteiger partial charge in [-0.05, 0) is 18.2 Å². The number of hydrogen-bond donors (Lipinski definition) is 2. The van der Waals surface area contributed by atoms with Gasteiger partial charge in [0.15, 0.2) is 0 Å². The molecule has 0 spiro atoms. The Labute approximate surface area is 81.3 Å². The van der Waals surface area contributed by atoms with E-state index in [9.17, 15) is 9.90 Å². The van der Waals surface area contributed by atoms with Gasteiger partial charge in [0, 0.05) is 6.54 Å². The highest BCUT2D eigenvalue weighted by Crippen LogP contribution is 2.22. The third-order valence-electron chi connectivity index (χ3n) is 1.60. The fourth-order valence-electron chi connectivity index (χ4n) is 0.971. The van der Waals surface area contributed by atoms with Crippen LogP contribution in [0.5, 0.6) is 11.5 Å². The van der Waals surface area contributed by atoms with Crippen molar-refractivity contribution in [3.05, 3.63) is 23.8 Å². The van der Waals surface area contributed by atoms with Crippen LogP contribution in [0.25, 0.3) is 0 Å². The first kappa shape index (κ1) is 10.3. The van der Waals surface area contributed by atoms with Crippen molar-refractivity contribution < 1.29 is 14.6 Å². The molecule has 0 heterocycles. The number of amides is 1. The van der Waals surface area contributed by atoms with Crippen LogP contribution < -0.4 is 16.2 Å². The van der Waals surface area contributed by atoms with Crippen molar-refractivity contribution in [3.8, 4) is 11.5 Å². The van der Waals surface area contributed by atoms with E-state index in [1.165, 1.54) is 18.2 Å². The summed E-state index contributed by atoms with van der Waals surface area (Å²) in [6, 6.07) is 4.20. The zero-order chi connectivity index (χ0) is 10.6. The standard InChI is InChI=1S/C9H11N2O3/c10-3-4-14-6-1-2-8(12)7(5-6)9(11)13/h1-2,5,10,12H,3-4H2,(H2,11,13). The first-order valence-corrected chi connectivity index (χ1v) is 4.05. The molecule has 0 aliphatic rings. The number of hydrogen-bond acceptors (Lipinski definition) is 3. The Morgan fingerprint density at radius 2 is 2.29 bits per heavy atom. The molecular formula is C9H11N2O3. The van der Waals surface area contributed by atoms with Gasteiger partial charge in [-0.3, -0.25) is 10.5 Å². The number of phenols is 1. The van der Waals surface area contributed by atoms with Gasteiger partial charge in [0.25, 0.3) is 5.91 Å². The first-order valence-electron chi connectivity index (χ1n) is 4.05. The van der Waals surface area contributed by atoms with Gasteiger partial charge in [0.1, 0.15) is 18.1 Å². The summed E-state index contributed by atoms with van der Waals surface area (Å²) in [4.78, 5) is 10.8. The third kappa shape index (κ3) is 2.37. The minimum Gasteiger partial charge on any atom is -0.507 e. The van der Waals surface area contributed by atoms with Crippen LogP contribution in [0.15, 0.2) is 18.2 Å². The van der Waals surface area contributed by atoms with E-state index in [1.807, 2.05) is 0 Å². The molecule has 5 heteroatoms. The summed E-state index contributed by atoms with van der Waals surface area (Å²) in [5.74, 6) is -0.460. The van der Waals surface area contributed by atoms with E-state index in [4.69, 9.17) is 16.2 Å². The molecule has 1 radical (unpaired) electrons. The van der Waals surface area contributed by atoms with Crippen molar-refractivity contribution in [2.24, 2.45) is 5.73 Å². The topological polar surface area (TPSA) is 96.3 Å². The molecule has 0 bridgehead atoms. The summed E-state index contributed by atoms with van der Waals surface area (Å²) in [7, 11) is 0. The van der Waals surface area contributed by atoms with E-state index in [0.29, 0.717) is 5.75 Å². The number of carbonyl (C=O) groups is 1. The summed E-state index contributed by atoms with van der Waals surface area (Å²) in [6.45, 7) is 0.371. The van der Waals surface area contributed by atoms with Crippen LogP contribution in [0, 0.1) is 0 Å². The smallest absolute Gasteiger partial charge is 0.252 e. The molecule has 1 aromatic carbocycles. The van der Waals surface area contributed by atoms with Crippen molar-refractivity contribution >= 4 is 5.91 Å². The van der Waals surface area contributed by atoms with Crippen molar-refractivity contribution in [2.45, 2.75) is 0 Å². The molecule has 5 nitrogen and oxygen atoms in total. The average Bonchev–Trinajstić information content (AvgIpc) is 2.16. The second kappa shape index (κ2) is 4.48. The van der Waals surface area contributed by atoms with Gasteiger partial charge in [0.05, 0.1) is 5.56 Å². The summed E-state index contributed by atoms with van der Waals surface area (Å²) >= 11 is 0. The molecule has 14 heavy (non-hydrogen) atoms. The van der Waals surface area contributed by atoms with Crippen LogP contribution in [0.3, 0.4) is 0 Å². The fraction of sp³-hybridized carbons (Fsp3) is 0.222. The van der Waals surface area contributed by atoms with Crippen molar-refractivity contribution in [2.75, 3.05) is 13.2 Å². The predicted octanol–water partition coefficient (Wildman–Crippen LogP) is 0.153. The maximum Gasteiger partial charge on any atom is 0.252 e. The Kier molecular flexibility index (Phi) is 3.30. The lowest BCUT2D eigenvalue weighted by Gasteiger charge is -2.06. The molecular weight excluding hydrogens is 184 g/mol. The highest BCUT2D eigenvalue weighted by Gasteiger charge is 2.08. The van der Waals surface area contributed by atoms with Gasteiger partial charge in [-0.15, -0.1) is 0 Å². The van der Waals surface area contributed by atoms with Crippen LogP contribution in [0.2, 0.25) is 0 Å². The minimum atomic E-state index is -0.709. The van der Waals surface area contributed by atoms with Crippen LogP contribution in [0.1, 0.15) is 10.4 Å². The van der Waals surface area contributed by atoms with Crippen LogP contribution in [0.4, 0.5) is 0 Å². The number of carbonyl (C=O) groups excluding carboxylic acids is 1. The van der Waals surface area contributed by atoms with Crippen LogP contribution in [-0.2, 0) is 0 Å². The maximum absolute atomic E-state index is 10.8. The normalized spacial score (nSPS) is 9.79. The van der Waals surface area contributed by atoms with Crippen LogP contribution >= 0.6 is 0 Å². The largest absolute Gasteiger partial charge is 0.507 e. The zero-order valence-corrected chi connectivity index (χ0v) is 7.49. The van der Waals surface area contributed by atoms with Crippen molar-refractivity contribution in [1.29, 1.82) is 0 Å². The van der Waals surface area contributed by atoms with Crippen molar-refractivity contribution in [3.63, 3.8) is 0 Å². The summed E-state index contributed by atoms with van der Waals surface area (Å²) in [6.07, 6.45) is 0. The Morgan fingerprint density at radius 1 is 1.57 bits per heavy atom. The Morgan fingerprint density at radius 3 is 2.86 bits per heavy atom. The van der Waals surface area contributed by atoms with E-state index >= 15 is 0 Å². The van der Waals surface area contributed by atoms with Gasteiger partial charge < -0.3 is 15.6 Å². The van der Waals surface area contributed by atoms with E-state index in [2.05, 4.69) is 0 Å². The monoisotopic (exact) mass is 195 g/mol. The number of aromatic hydroxyl groups is 1. The van der Waals surface area contributed by atoms with Gasteiger partial charge in [-0.1, -0.05) is 0 Å². The molecule has 1 aromatic rings. The number of primary amides is 1. The molecule has 0 saturated heterocycles. The predicted molar refractivity (Wildman–Crippen MR) is 50.1 cm³/mol. The van der Waals surface area contributed by atoms with E-state index < -0.39 is 5.91 Å². The highest BCUT2D eigenvalue weighted by atomic mass is 16.5. The third-order valence-corrected chi connectivity index (χ3v) is 1.60. The molecule has 0 saturated carbocycles. The lowest BCUT2D eigenvalue weighted by Crippen LogP contribution is -2.11. The first-order chi connectivity index (χ1) is 6.65. The zero-order valence-electron chi connectivity index (χ0n) is 7.49. The molecule has 0 atom stereocenters. The summed E-state index contributed by atoms with van der Waals surface area (Å²) in [5, 5.41) is 9.24. The number of nitrogens with one attached hydrogen (secondary N) is 1. The second-order valence-corrected chi connectivity index (χ2v) is 2.64. The molecule has 75 valence electrons. The molecule has 1 amide bonds. The molecule has 0 fully saturated rings. The number of ether oxygens (including phenoxy) is 1. The molecule has 0 aliphatic carbocycles. The van der Waals surface area contributed by atoms with Gasteiger partial charge >= 0.3 is 0 Å². The molecule has 4 N–H and O–H groups in total. The lowest BCUT2D eigenvalue weighted by atomic mass is 10.2. The number of nitrogens with two attached hydrogens (primary N) is 1. The summed E-state index contributed by atoms with van der Waals surface area (Å²) < 4.78 is 5.09. The SMILES string of the molecule is [NH]CCOc1ccc(O)c(C(N)=O)c1. The average molecular weight is 195 g/mol. The van der Waals surface area contributed by atoms with Gasteiger partial charge in [-0.25, -0.2) is 0 Å². The van der Waals surface area contributed by atoms with Crippen molar-refractivity contribution in [1.82, 2.24) is 5.73 Å². The number of rotatable bonds is 4. The highest BCUT2D eigenvalue weighted by molar-refractivity contribution is 5.95. The number of benzene rings is 1. The maximum atomic E-state index is 10.8. The lowest BCUT2D eigenvalue weighted by molar-refractivity contribution is 0.0997. The molecule has 0 unspecified atom stereocenters. The van der Waals surface area contributed by atoms with E-state index in [1.54, 1.807) is 0 Å². The fourth-order valence-corrected chi connectivity index (χ4v) is 0.971. The Hall–Kier alpha value is -1.75. The molecule has 0 aliphatic heterocycles. The van der Waals surface area contributed by atoms with Gasteiger partial charge in [0.2, 0.25) is 0 Å². The van der Waals surface area contributed by atoms with Crippen LogP contribution in [-0.4, -0.2) is 24.2 Å². The van der Waals surface area contributed by atoms with Gasteiger partial charge in [-0.2, -0.15) is 0 Å². The Balaban J connectivity index is 2.89. The second-order valence-electron chi connectivity index (χ2n) is 2.64. The van der Waals surface area contributed by atoms with E-state index in [-0.39, 0.29) is 24.5 Å². The minimum absolute atomic E-state index is 0.0208. The molecule has 0 aromatic heterocycles. The summed E-state index contributed by atoms with van der Waals surface area (Å²) in [5.41, 5.74) is 11.9. The Bertz CT molecular complexity index is 339. The quantitative estimate of drug-likeness (QED) is 0.715. The van der Waals surface area contributed by atoms with E-state index in [0.717, 1.165) is 0 Å². The molecule has 1 rings (SSSR count).